The van der Waals surface area contributed by atoms with Crippen LogP contribution in [0.5, 0.6) is 11.5 Å². The molecule has 0 fully saturated rings. The fourth-order valence-corrected chi connectivity index (χ4v) is 2.64. The van der Waals surface area contributed by atoms with Crippen LogP contribution in [-0.2, 0) is 23.9 Å². The van der Waals surface area contributed by atoms with Crippen LogP contribution < -0.4 is 14.8 Å². The number of rotatable bonds is 8. The second-order valence-corrected chi connectivity index (χ2v) is 6.65. The number of benzene rings is 1. The summed E-state index contributed by atoms with van der Waals surface area (Å²) in [5.41, 5.74) is 0.734. The first-order valence-corrected chi connectivity index (χ1v) is 9.56. The lowest BCUT2D eigenvalue weighted by molar-refractivity contribution is -0.148. The summed E-state index contributed by atoms with van der Waals surface area (Å²) in [7, 11) is 1.26. The molecule has 0 aliphatic carbocycles. The van der Waals surface area contributed by atoms with E-state index in [0.717, 1.165) is 12.0 Å². The lowest BCUT2D eigenvalue weighted by Gasteiger charge is -2.21. The van der Waals surface area contributed by atoms with Crippen LogP contribution in [0, 0.1) is 5.92 Å². The molecule has 0 bridgehead atoms. The van der Waals surface area contributed by atoms with Gasteiger partial charge in [0.25, 0.3) is 5.91 Å². The minimum absolute atomic E-state index is 0.110. The first-order chi connectivity index (χ1) is 13.9. The van der Waals surface area contributed by atoms with Gasteiger partial charge in [-0.05, 0) is 29.7 Å². The quantitative estimate of drug-likeness (QED) is 0.522. The van der Waals surface area contributed by atoms with Crippen molar-refractivity contribution in [3.63, 3.8) is 0 Å². The van der Waals surface area contributed by atoms with Gasteiger partial charge in [-0.2, -0.15) is 0 Å². The Morgan fingerprint density at radius 2 is 1.93 bits per heavy atom. The molecule has 0 saturated carbocycles. The third kappa shape index (κ3) is 6.81. The number of methoxy groups -OCH3 is 1. The normalized spacial score (nSPS) is 15.1. The van der Waals surface area contributed by atoms with E-state index in [1.165, 1.54) is 13.2 Å². The van der Waals surface area contributed by atoms with Crippen LogP contribution in [0.15, 0.2) is 24.3 Å². The third-order valence-electron chi connectivity index (χ3n) is 4.51. The van der Waals surface area contributed by atoms with E-state index in [4.69, 9.17) is 18.9 Å². The first kappa shape index (κ1) is 22.3. The highest BCUT2D eigenvalue weighted by Crippen LogP contribution is 2.30. The molecule has 0 saturated heterocycles. The first-order valence-electron chi connectivity index (χ1n) is 9.56. The Bertz CT molecular complexity index is 759. The van der Waals surface area contributed by atoms with Crippen LogP contribution in [0.2, 0.25) is 0 Å². The number of nitrogens with one attached hydrogen (secondary N) is 1. The van der Waals surface area contributed by atoms with Crippen molar-refractivity contribution < 1.29 is 33.3 Å². The average Bonchev–Trinajstić information content (AvgIpc) is 2.98. The topological polar surface area (TPSA) is 100 Å². The van der Waals surface area contributed by atoms with Gasteiger partial charge in [-0.15, -0.1) is 0 Å². The van der Waals surface area contributed by atoms with E-state index < -0.39 is 30.5 Å². The predicted octanol–water partition coefficient (Wildman–Crippen LogP) is 2.11. The van der Waals surface area contributed by atoms with Crippen molar-refractivity contribution in [1.82, 2.24) is 5.32 Å². The minimum atomic E-state index is -0.784. The molecule has 1 aromatic carbocycles. The Hall–Kier alpha value is -3.03. The van der Waals surface area contributed by atoms with Gasteiger partial charge in [0.2, 0.25) is 0 Å². The molecule has 1 aliphatic rings. The molecule has 158 valence electrons. The lowest BCUT2D eigenvalue weighted by atomic mass is 9.99. The van der Waals surface area contributed by atoms with Crippen molar-refractivity contribution in [2.75, 3.05) is 26.9 Å². The van der Waals surface area contributed by atoms with Crippen LogP contribution in [0.25, 0.3) is 6.08 Å². The number of amides is 1. The van der Waals surface area contributed by atoms with Gasteiger partial charge in [-0.1, -0.05) is 26.3 Å². The van der Waals surface area contributed by atoms with Crippen LogP contribution in [0.4, 0.5) is 0 Å². The number of carbonyl (C=O) groups is 3. The summed E-state index contributed by atoms with van der Waals surface area (Å²) in [5.74, 6) is -0.602. The fraction of sp³-hybridized carbons (Fsp3) is 0.476. The molecular weight excluding hydrogens is 378 g/mol. The lowest BCUT2D eigenvalue weighted by Crippen LogP contribution is -2.47. The summed E-state index contributed by atoms with van der Waals surface area (Å²) in [5, 5.41) is 2.54. The average molecular weight is 405 g/mol. The molecule has 0 radical (unpaired) electrons. The summed E-state index contributed by atoms with van der Waals surface area (Å²) in [6.45, 7) is 4.41. The predicted molar refractivity (Wildman–Crippen MR) is 105 cm³/mol. The number of fused-ring (bicyclic) bond motifs is 1. The molecule has 0 unspecified atom stereocenters. The van der Waals surface area contributed by atoms with Gasteiger partial charge in [-0.3, -0.25) is 4.79 Å². The van der Waals surface area contributed by atoms with Crippen molar-refractivity contribution in [1.29, 1.82) is 0 Å². The monoisotopic (exact) mass is 405 g/mol. The van der Waals surface area contributed by atoms with E-state index in [9.17, 15) is 14.4 Å². The van der Waals surface area contributed by atoms with Gasteiger partial charge in [0.1, 0.15) is 6.04 Å². The highest BCUT2D eigenvalue weighted by atomic mass is 16.5. The van der Waals surface area contributed by atoms with Gasteiger partial charge in [-0.25, -0.2) is 9.59 Å². The maximum Gasteiger partial charge on any atom is 0.331 e. The maximum absolute atomic E-state index is 12.0. The number of ether oxygens (including phenoxy) is 4. The Balaban J connectivity index is 1.86. The van der Waals surface area contributed by atoms with Gasteiger partial charge in [0, 0.05) is 12.5 Å². The summed E-state index contributed by atoms with van der Waals surface area (Å²) >= 11 is 0. The number of hydrogen-bond acceptors (Lipinski definition) is 7. The third-order valence-corrected chi connectivity index (χ3v) is 4.51. The molecule has 0 aromatic heterocycles. The summed E-state index contributed by atoms with van der Waals surface area (Å²) in [4.78, 5) is 35.7. The Morgan fingerprint density at radius 1 is 1.21 bits per heavy atom. The summed E-state index contributed by atoms with van der Waals surface area (Å²) in [6, 6.07) is 4.55. The number of esters is 2. The van der Waals surface area contributed by atoms with Gasteiger partial charge < -0.3 is 24.3 Å². The summed E-state index contributed by atoms with van der Waals surface area (Å²) < 4.78 is 20.8. The van der Waals surface area contributed by atoms with Crippen molar-refractivity contribution >= 4 is 23.9 Å². The smallest absolute Gasteiger partial charge is 0.331 e. The van der Waals surface area contributed by atoms with E-state index in [-0.39, 0.29) is 5.92 Å². The zero-order valence-corrected chi connectivity index (χ0v) is 16.9. The second-order valence-electron chi connectivity index (χ2n) is 6.65. The van der Waals surface area contributed by atoms with Crippen LogP contribution >= 0.6 is 0 Å². The van der Waals surface area contributed by atoms with Gasteiger partial charge in [0.15, 0.2) is 18.1 Å². The fourth-order valence-electron chi connectivity index (χ4n) is 2.64. The molecule has 8 nitrogen and oxygen atoms in total. The van der Waals surface area contributed by atoms with Crippen molar-refractivity contribution in [3.8, 4) is 11.5 Å². The second kappa shape index (κ2) is 11.1. The summed E-state index contributed by atoms with van der Waals surface area (Å²) in [6.07, 6.45) is 4.27. The minimum Gasteiger partial charge on any atom is -0.490 e. The molecule has 8 heteroatoms. The zero-order chi connectivity index (χ0) is 21.2. The van der Waals surface area contributed by atoms with E-state index in [2.05, 4.69) is 5.32 Å². The molecule has 29 heavy (non-hydrogen) atoms. The molecule has 1 aromatic rings. The SMILES string of the molecule is CC[C@H](C)[C@@H](NC(=O)COC(=O)/C=C/c1ccc2c(c1)OCCCO2)C(=O)OC. The highest BCUT2D eigenvalue weighted by Gasteiger charge is 2.26. The van der Waals surface area contributed by atoms with Crippen molar-refractivity contribution in [3.05, 3.63) is 29.8 Å². The van der Waals surface area contributed by atoms with Gasteiger partial charge >= 0.3 is 11.9 Å². The van der Waals surface area contributed by atoms with Crippen molar-refractivity contribution in [2.24, 2.45) is 5.92 Å². The zero-order valence-electron chi connectivity index (χ0n) is 16.9. The number of hydrogen-bond donors (Lipinski definition) is 1. The van der Waals surface area contributed by atoms with E-state index in [0.29, 0.717) is 31.1 Å². The van der Waals surface area contributed by atoms with E-state index >= 15 is 0 Å². The van der Waals surface area contributed by atoms with E-state index in [1.807, 2.05) is 13.8 Å². The van der Waals surface area contributed by atoms with Crippen molar-refractivity contribution in [2.45, 2.75) is 32.7 Å². The molecule has 2 rings (SSSR count). The molecule has 1 heterocycles. The van der Waals surface area contributed by atoms with Crippen LogP contribution in [-0.4, -0.2) is 50.8 Å². The number of carbonyl (C=O) groups excluding carboxylic acids is 3. The Morgan fingerprint density at radius 3 is 2.62 bits per heavy atom. The van der Waals surface area contributed by atoms with Gasteiger partial charge in [0.05, 0.1) is 20.3 Å². The molecule has 1 aliphatic heterocycles. The molecule has 0 spiro atoms. The van der Waals surface area contributed by atoms with Crippen LogP contribution in [0.3, 0.4) is 0 Å². The van der Waals surface area contributed by atoms with Crippen LogP contribution in [0.1, 0.15) is 32.3 Å². The highest BCUT2D eigenvalue weighted by molar-refractivity contribution is 5.90. The Labute approximate surface area is 170 Å². The maximum atomic E-state index is 12.0. The standard InChI is InChI=1S/C21H27NO7/c1-4-14(2)20(21(25)26-3)22-18(23)13-29-19(24)9-7-15-6-8-16-17(12-15)28-11-5-10-27-16/h6-9,12,14,20H,4-5,10-11,13H2,1-3H3,(H,22,23)/b9-7+/t14-,20+/m0/s1. The molecular formula is C21H27NO7. The Kier molecular flexibility index (Phi) is 8.51. The molecule has 1 N–H and O–H groups in total. The largest absolute Gasteiger partial charge is 0.490 e. The molecule has 1 amide bonds. The molecule has 2 atom stereocenters. The van der Waals surface area contributed by atoms with E-state index in [1.54, 1.807) is 24.3 Å².